The third-order valence-electron chi connectivity index (χ3n) is 2.14. The van der Waals surface area contributed by atoms with E-state index in [-0.39, 0.29) is 0 Å². The first-order valence-corrected chi connectivity index (χ1v) is 4.88. The average Bonchev–Trinajstić information content (AvgIpc) is 2.16. The fourth-order valence-electron chi connectivity index (χ4n) is 1.61. The number of carbonyl (C=O) groups is 1. The molecule has 1 aromatic heterocycles. The van der Waals surface area contributed by atoms with Crippen LogP contribution in [0, 0.1) is 0 Å². The van der Waals surface area contributed by atoms with Gasteiger partial charge in [-0.25, -0.2) is 14.8 Å². The number of rotatable bonds is 1. The summed E-state index contributed by atoms with van der Waals surface area (Å²) in [4.78, 5) is 19.5. The van der Waals surface area contributed by atoms with Crippen LogP contribution in [0.15, 0.2) is 24.5 Å². The summed E-state index contributed by atoms with van der Waals surface area (Å²) in [6.45, 7) is 5.10. The second-order valence-corrected chi connectivity index (χ2v) is 3.95. The molecule has 0 spiro atoms. The molecule has 84 valence electrons. The Kier molecular flexibility index (Phi) is 2.38. The highest BCUT2D eigenvalue weighted by Gasteiger charge is 2.34. The van der Waals surface area contributed by atoms with E-state index in [1.807, 2.05) is 0 Å². The Labute approximate surface area is 93.1 Å². The van der Waals surface area contributed by atoms with E-state index in [2.05, 4.69) is 9.97 Å². The summed E-state index contributed by atoms with van der Waals surface area (Å²) in [6.07, 6.45) is 4.50. The summed E-state index contributed by atoms with van der Waals surface area (Å²) >= 11 is 0. The van der Waals surface area contributed by atoms with Crippen molar-refractivity contribution in [3.63, 3.8) is 0 Å². The molecule has 0 N–H and O–H groups in total. The number of aromatic nitrogens is 2. The van der Waals surface area contributed by atoms with Crippen LogP contribution >= 0.6 is 0 Å². The monoisotopic (exact) mass is 220 g/mol. The third-order valence-corrected chi connectivity index (χ3v) is 2.14. The molecule has 0 saturated carbocycles. The molecule has 5 nitrogen and oxygen atoms in total. The molecule has 0 fully saturated rings. The van der Waals surface area contributed by atoms with E-state index in [1.165, 1.54) is 6.33 Å². The molecule has 0 amide bonds. The SMILES string of the molecule is CC1=C(c2cncnc2)C(=O)OC(C)(C)O1. The number of esters is 1. The fourth-order valence-corrected chi connectivity index (χ4v) is 1.61. The molecule has 0 aliphatic carbocycles. The van der Waals surface area contributed by atoms with Gasteiger partial charge in [-0.1, -0.05) is 0 Å². The van der Waals surface area contributed by atoms with E-state index in [4.69, 9.17) is 9.47 Å². The molecule has 0 bridgehead atoms. The van der Waals surface area contributed by atoms with Gasteiger partial charge < -0.3 is 9.47 Å². The lowest BCUT2D eigenvalue weighted by Crippen LogP contribution is -2.35. The zero-order chi connectivity index (χ0) is 11.8. The van der Waals surface area contributed by atoms with Crippen molar-refractivity contribution in [3.05, 3.63) is 30.0 Å². The van der Waals surface area contributed by atoms with Gasteiger partial charge in [0, 0.05) is 31.8 Å². The minimum absolute atomic E-state index is 0.375. The largest absolute Gasteiger partial charge is 0.457 e. The first kappa shape index (κ1) is 10.6. The van der Waals surface area contributed by atoms with Gasteiger partial charge in [-0.2, -0.15) is 0 Å². The van der Waals surface area contributed by atoms with Crippen LogP contribution in [-0.2, 0) is 14.3 Å². The van der Waals surface area contributed by atoms with Crippen LogP contribution in [0.5, 0.6) is 0 Å². The molecule has 16 heavy (non-hydrogen) atoms. The van der Waals surface area contributed by atoms with Crippen LogP contribution in [-0.4, -0.2) is 21.7 Å². The van der Waals surface area contributed by atoms with Gasteiger partial charge in [0.05, 0.1) is 0 Å². The number of allylic oxidation sites excluding steroid dienone is 1. The topological polar surface area (TPSA) is 61.3 Å². The highest BCUT2D eigenvalue weighted by atomic mass is 16.7. The van der Waals surface area contributed by atoms with Crippen molar-refractivity contribution in [3.8, 4) is 0 Å². The van der Waals surface area contributed by atoms with Gasteiger partial charge in [-0.15, -0.1) is 0 Å². The summed E-state index contributed by atoms with van der Waals surface area (Å²) in [5, 5.41) is 0. The number of cyclic esters (lactones) is 1. The van der Waals surface area contributed by atoms with E-state index in [0.29, 0.717) is 16.9 Å². The van der Waals surface area contributed by atoms with Crippen LogP contribution in [0.1, 0.15) is 26.3 Å². The van der Waals surface area contributed by atoms with Gasteiger partial charge in [-0.05, 0) is 6.92 Å². The lowest BCUT2D eigenvalue weighted by Gasteiger charge is -2.32. The molecule has 0 unspecified atom stereocenters. The minimum atomic E-state index is -0.916. The molecule has 0 aromatic carbocycles. The summed E-state index contributed by atoms with van der Waals surface area (Å²) in [7, 11) is 0. The first-order valence-electron chi connectivity index (χ1n) is 4.88. The van der Waals surface area contributed by atoms with Crippen molar-refractivity contribution in [1.29, 1.82) is 0 Å². The smallest absolute Gasteiger partial charge is 0.345 e. The van der Waals surface area contributed by atoms with Crippen molar-refractivity contribution in [1.82, 2.24) is 9.97 Å². The van der Waals surface area contributed by atoms with E-state index >= 15 is 0 Å². The molecule has 0 atom stereocenters. The fraction of sp³-hybridized carbons (Fsp3) is 0.364. The van der Waals surface area contributed by atoms with Crippen molar-refractivity contribution >= 4 is 11.5 Å². The zero-order valence-electron chi connectivity index (χ0n) is 9.35. The summed E-state index contributed by atoms with van der Waals surface area (Å²) in [5.41, 5.74) is 0.973. The quantitative estimate of drug-likeness (QED) is 0.671. The van der Waals surface area contributed by atoms with Crippen molar-refractivity contribution < 1.29 is 14.3 Å². The second kappa shape index (κ2) is 3.59. The standard InChI is InChI=1S/C11H12N2O3/c1-7-9(8-4-12-6-13-5-8)10(14)16-11(2,3)15-7/h4-6H,1-3H3. The van der Waals surface area contributed by atoms with E-state index in [1.54, 1.807) is 33.2 Å². The lowest BCUT2D eigenvalue weighted by atomic mass is 10.1. The van der Waals surface area contributed by atoms with Gasteiger partial charge in [-0.3, -0.25) is 0 Å². The first-order chi connectivity index (χ1) is 7.49. The molecule has 5 heteroatoms. The molecule has 2 heterocycles. The van der Waals surface area contributed by atoms with Crippen LogP contribution in [0.3, 0.4) is 0 Å². The molecule has 1 aromatic rings. The minimum Gasteiger partial charge on any atom is -0.457 e. The van der Waals surface area contributed by atoms with Crippen LogP contribution in [0.2, 0.25) is 0 Å². The predicted molar refractivity (Wildman–Crippen MR) is 55.9 cm³/mol. The zero-order valence-corrected chi connectivity index (χ0v) is 9.35. The van der Waals surface area contributed by atoms with E-state index in [9.17, 15) is 4.79 Å². The predicted octanol–water partition coefficient (Wildman–Crippen LogP) is 1.52. The van der Waals surface area contributed by atoms with Gasteiger partial charge >= 0.3 is 5.97 Å². The Bertz CT molecular complexity index is 452. The number of carbonyl (C=O) groups excluding carboxylic acids is 1. The van der Waals surface area contributed by atoms with E-state index in [0.717, 1.165) is 0 Å². The molecule has 1 aliphatic heterocycles. The molecular weight excluding hydrogens is 208 g/mol. The normalized spacial score (nSPS) is 19.1. The van der Waals surface area contributed by atoms with Gasteiger partial charge in [0.2, 0.25) is 5.79 Å². The maximum atomic E-state index is 11.8. The van der Waals surface area contributed by atoms with Crippen LogP contribution in [0.4, 0.5) is 0 Å². The van der Waals surface area contributed by atoms with Crippen molar-refractivity contribution in [2.75, 3.05) is 0 Å². The number of nitrogens with zero attached hydrogens (tertiary/aromatic N) is 2. The van der Waals surface area contributed by atoms with Crippen molar-refractivity contribution in [2.24, 2.45) is 0 Å². The number of hydrogen-bond donors (Lipinski definition) is 0. The molecule has 0 saturated heterocycles. The number of ether oxygens (including phenoxy) is 2. The second-order valence-electron chi connectivity index (χ2n) is 3.95. The Morgan fingerprint density at radius 2 is 1.81 bits per heavy atom. The number of hydrogen-bond acceptors (Lipinski definition) is 5. The third kappa shape index (κ3) is 1.88. The average molecular weight is 220 g/mol. The highest BCUT2D eigenvalue weighted by Crippen LogP contribution is 2.31. The van der Waals surface area contributed by atoms with Crippen LogP contribution < -0.4 is 0 Å². The van der Waals surface area contributed by atoms with E-state index < -0.39 is 11.8 Å². The Balaban J connectivity index is 2.45. The summed E-state index contributed by atoms with van der Waals surface area (Å²) < 4.78 is 10.6. The molecule has 0 radical (unpaired) electrons. The molecule has 1 aliphatic rings. The highest BCUT2D eigenvalue weighted by molar-refractivity contribution is 6.17. The van der Waals surface area contributed by atoms with Gasteiger partial charge in [0.15, 0.2) is 0 Å². The Morgan fingerprint density at radius 1 is 1.19 bits per heavy atom. The van der Waals surface area contributed by atoms with Gasteiger partial charge in [0.1, 0.15) is 17.7 Å². The van der Waals surface area contributed by atoms with Crippen molar-refractivity contribution in [2.45, 2.75) is 26.6 Å². The van der Waals surface area contributed by atoms with Gasteiger partial charge in [0.25, 0.3) is 0 Å². The molecular formula is C11H12N2O3. The maximum absolute atomic E-state index is 11.8. The Hall–Kier alpha value is -1.91. The molecule has 2 rings (SSSR count). The van der Waals surface area contributed by atoms with Crippen LogP contribution in [0.25, 0.3) is 5.57 Å². The summed E-state index contributed by atoms with van der Waals surface area (Å²) in [5.74, 6) is -0.806. The lowest BCUT2D eigenvalue weighted by molar-refractivity contribution is -0.202. The maximum Gasteiger partial charge on any atom is 0.345 e. The summed E-state index contributed by atoms with van der Waals surface area (Å²) in [6, 6.07) is 0. The Morgan fingerprint density at radius 3 is 2.38 bits per heavy atom.